The first-order valence-electron chi connectivity index (χ1n) is 7.62. The quantitative estimate of drug-likeness (QED) is 0.674. The third-order valence-electron chi connectivity index (χ3n) is 4.25. The Morgan fingerprint density at radius 3 is 1.17 bits per heavy atom. The summed E-state index contributed by atoms with van der Waals surface area (Å²) in [6.07, 6.45) is 0. The Labute approximate surface area is 146 Å². The van der Waals surface area contributed by atoms with Crippen molar-refractivity contribution < 1.29 is 17.7 Å². The highest BCUT2D eigenvalue weighted by atomic mass is 28.4. The zero-order valence-corrected chi connectivity index (χ0v) is 16.6. The van der Waals surface area contributed by atoms with Crippen molar-refractivity contribution in [2.45, 2.75) is 0 Å². The number of benzene rings is 2. The summed E-state index contributed by atoms with van der Waals surface area (Å²) in [6, 6.07) is 19.8. The summed E-state index contributed by atoms with van der Waals surface area (Å²) in [5.74, 6) is 0. The summed E-state index contributed by atoms with van der Waals surface area (Å²) in [5.41, 5.74) is 0. The van der Waals surface area contributed by atoms with Gasteiger partial charge in [-0.3, -0.25) is 0 Å². The lowest BCUT2D eigenvalue weighted by atomic mass is 10.4. The molecule has 0 aliphatic rings. The molecule has 0 heterocycles. The lowest BCUT2D eigenvalue weighted by Crippen LogP contribution is -2.67. The molecule has 0 atom stereocenters. The standard InChI is InChI=1S/C18H24O4Si2/c1-16(23(19-2,20-3)17-12-8-6-9-13-17)24(21-4,22-5)18-14-10-7-11-15-18/h6-15H,1H2,2-5H3. The van der Waals surface area contributed by atoms with Crippen molar-refractivity contribution in [3.8, 4) is 0 Å². The molecule has 0 unspecified atom stereocenters. The first kappa shape index (κ1) is 18.8. The molecule has 0 aliphatic heterocycles. The van der Waals surface area contributed by atoms with Gasteiger partial charge < -0.3 is 17.7 Å². The number of hydrogen-bond donors (Lipinski definition) is 0. The molecular weight excluding hydrogens is 336 g/mol. The van der Waals surface area contributed by atoms with E-state index in [9.17, 15) is 0 Å². The van der Waals surface area contributed by atoms with Gasteiger partial charge in [-0.15, -0.1) is 0 Å². The topological polar surface area (TPSA) is 36.9 Å². The van der Waals surface area contributed by atoms with Crippen LogP contribution in [0.5, 0.6) is 0 Å². The molecule has 0 aromatic heterocycles. The van der Waals surface area contributed by atoms with Crippen molar-refractivity contribution in [3.63, 3.8) is 0 Å². The van der Waals surface area contributed by atoms with Crippen LogP contribution in [0.25, 0.3) is 0 Å². The van der Waals surface area contributed by atoms with Crippen LogP contribution < -0.4 is 10.4 Å². The van der Waals surface area contributed by atoms with Crippen LogP contribution >= 0.6 is 0 Å². The highest BCUT2D eigenvalue weighted by Gasteiger charge is 2.56. The van der Waals surface area contributed by atoms with Gasteiger partial charge in [0.25, 0.3) is 0 Å². The summed E-state index contributed by atoms with van der Waals surface area (Å²) >= 11 is 0. The van der Waals surface area contributed by atoms with Crippen LogP contribution in [0.1, 0.15) is 0 Å². The molecule has 0 aliphatic carbocycles. The minimum atomic E-state index is -2.97. The lowest BCUT2D eigenvalue weighted by Gasteiger charge is -2.38. The molecule has 0 saturated heterocycles. The molecule has 2 rings (SSSR count). The van der Waals surface area contributed by atoms with E-state index < -0.39 is 17.1 Å². The summed E-state index contributed by atoms with van der Waals surface area (Å²) in [5, 5.41) is 1.95. The molecule has 6 heteroatoms. The molecule has 2 aromatic rings. The van der Waals surface area contributed by atoms with Gasteiger partial charge in [0.2, 0.25) is 0 Å². The fraction of sp³-hybridized carbons (Fsp3) is 0.222. The van der Waals surface area contributed by atoms with Gasteiger partial charge in [0, 0.05) is 33.3 Å². The van der Waals surface area contributed by atoms with Crippen LogP contribution in [0.4, 0.5) is 0 Å². The molecule has 0 amide bonds. The van der Waals surface area contributed by atoms with Crippen LogP contribution in [0.2, 0.25) is 0 Å². The van der Waals surface area contributed by atoms with Crippen LogP contribution in [0.15, 0.2) is 72.1 Å². The minimum Gasteiger partial charge on any atom is -0.391 e. The molecule has 128 valence electrons. The van der Waals surface area contributed by atoms with E-state index >= 15 is 0 Å². The average Bonchev–Trinajstić information content (AvgIpc) is 2.66. The summed E-state index contributed by atoms with van der Waals surface area (Å²) in [7, 11) is 0.693. The molecule has 24 heavy (non-hydrogen) atoms. The maximum Gasteiger partial charge on any atom is 0.402 e. The summed E-state index contributed by atoms with van der Waals surface area (Å²) in [6.45, 7) is 4.36. The fourth-order valence-corrected chi connectivity index (χ4v) is 11.1. The van der Waals surface area contributed by atoms with Gasteiger partial charge in [-0.25, -0.2) is 0 Å². The minimum absolute atomic E-state index is 0.766. The van der Waals surface area contributed by atoms with E-state index in [1.165, 1.54) is 0 Å². The predicted molar refractivity (Wildman–Crippen MR) is 101 cm³/mol. The zero-order valence-electron chi connectivity index (χ0n) is 14.6. The van der Waals surface area contributed by atoms with Crippen LogP contribution in [-0.4, -0.2) is 45.6 Å². The summed E-state index contributed by atoms with van der Waals surface area (Å²) < 4.78 is 23.8. The van der Waals surface area contributed by atoms with Crippen molar-refractivity contribution in [1.82, 2.24) is 0 Å². The van der Waals surface area contributed by atoms with E-state index in [-0.39, 0.29) is 0 Å². The largest absolute Gasteiger partial charge is 0.402 e. The summed E-state index contributed by atoms with van der Waals surface area (Å²) in [4.78, 5) is 0.766. The Hall–Kier alpha value is -1.55. The third-order valence-corrected chi connectivity index (χ3v) is 12.3. The van der Waals surface area contributed by atoms with Crippen LogP contribution in [-0.2, 0) is 17.7 Å². The molecule has 2 aromatic carbocycles. The van der Waals surface area contributed by atoms with Crippen molar-refractivity contribution in [1.29, 1.82) is 0 Å². The van der Waals surface area contributed by atoms with Gasteiger partial charge in [-0.1, -0.05) is 67.2 Å². The first-order valence-corrected chi connectivity index (χ1v) is 11.3. The van der Waals surface area contributed by atoms with E-state index in [2.05, 4.69) is 6.58 Å². The van der Waals surface area contributed by atoms with Gasteiger partial charge in [-0.2, -0.15) is 0 Å². The number of hydrogen-bond acceptors (Lipinski definition) is 4. The van der Waals surface area contributed by atoms with E-state index in [1.54, 1.807) is 28.4 Å². The van der Waals surface area contributed by atoms with Gasteiger partial charge in [-0.05, 0) is 10.4 Å². The van der Waals surface area contributed by atoms with E-state index in [0.717, 1.165) is 15.2 Å². The molecule has 4 nitrogen and oxygen atoms in total. The fourth-order valence-electron chi connectivity index (χ4n) is 3.01. The Morgan fingerprint density at radius 1 is 0.625 bits per heavy atom. The van der Waals surface area contributed by atoms with E-state index in [0.29, 0.717) is 0 Å². The van der Waals surface area contributed by atoms with Crippen molar-refractivity contribution in [2.75, 3.05) is 28.4 Å². The average molecular weight is 361 g/mol. The van der Waals surface area contributed by atoms with Crippen molar-refractivity contribution in [3.05, 3.63) is 72.1 Å². The Bertz CT molecular complexity index is 596. The second-order valence-corrected chi connectivity index (χ2v) is 12.2. The van der Waals surface area contributed by atoms with Crippen LogP contribution in [0.3, 0.4) is 0 Å². The van der Waals surface area contributed by atoms with Crippen LogP contribution in [0, 0.1) is 0 Å². The second kappa shape index (κ2) is 8.02. The highest BCUT2D eigenvalue weighted by Crippen LogP contribution is 2.26. The normalized spacial score (nSPS) is 12.2. The SMILES string of the molecule is C=C([Si](OC)(OC)c1ccccc1)[Si](OC)(OC)c1ccccc1. The maximum absolute atomic E-state index is 5.96. The van der Waals surface area contributed by atoms with Gasteiger partial charge in [0.05, 0.1) is 0 Å². The van der Waals surface area contributed by atoms with Crippen molar-refractivity contribution >= 4 is 27.5 Å². The molecule has 0 fully saturated rings. The van der Waals surface area contributed by atoms with Gasteiger partial charge in [0.15, 0.2) is 0 Å². The Kier molecular flexibility index (Phi) is 6.28. The number of rotatable bonds is 8. The smallest absolute Gasteiger partial charge is 0.391 e. The molecule has 0 bridgehead atoms. The molecule has 0 radical (unpaired) electrons. The molecule has 0 spiro atoms. The first-order chi connectivity index (χ1) is 11.6. The van der Waals surface area contributed by atoms with Gasteiger partial charge >= 0.3 is 17.1 Å². The predicted octanol–water partition coefficient (Wildman–Crippen LogP) is 1.91. The molecule has 0 N–H and O–H groups in total. The van der Waals surface area contributed by atoms with E-state index in [4.69, 9.17) is 17.7 Å². The van der Waals surface area contributed by atoms with E-state index in [1.807, 2.05) is 60.7 Å². The van der Waals surface area contributed by atoms with Crippen molar-refractivity contribution in [2.24, 2.45) is 0 Å². The second-order valence-electron chi connectivity index (χ2n) is 5.26. The Morgan fingerprint density at radius 2 is 0.917 bits per heavy atom. The van der Waals surface area contributed by atoms with Gasteiger partial charge in [0.1, 0.15) is 0 Å². The maximum atomic E-state index is 5.96. The Balaban J connectivity index is 2.63. The third kappa shape index (κ3) is 3.04. The lowest BCUT2D eigenvalue weighted by molar-refractivity contribution is 0.249. The zero-order chi connectivity index (χ0) is 17.6. The highest BCUT2D eigenvalue weighted by molar-refractivity contribution is 7.07. The molecule has 0 saturated carbocycles. The molecular formula is C18H24O4Si2. The monoisotopic (exact) mass is 360 g/mol.